The molecular weight excluding hydrogens is 286 g/mol. The normalized spacial score (nSPS) is 41.8. The van der Waals surface area contributed by atoms with Crippen LogP contribution in [-0.2, 0) is 0 Å². The van der Waals surface area contributed by atoms with Gasteiger partial charge in [-0.05, 0) is 43.4 Å². The lowest BCUT2D eigenvalue weighted by Gasteiger charge is -2.62. The van der Waals surface area contributed by atoms with Gasteiger partial charge in [-0.25, -0.2) is 0 Å². The Morgan fingerprint density at radius 1 is 0.944 bits per heavy atom. The Labute approximate surface area is 124 Å². The number of hydrogen-bond acceptors (Lipinski definition) is 0. The smallest absolute Gasteiger partial charge is 0.0996 e. The summed E-state index contributed by atoms with van der Waals surface area (Å²) in [7, 11) is 5.06. The maximum absolute atomic E-state index is 2.53. The van der Waals surface area contributed by atoms with E-state index in [0.717, 1.165) is 17.8 Å². The molecule has 0 aliphatic heterocycles. The monoisotopic (exact) mass is 315 g/mol. The third-order valence-electron chi connectivity index (χ3n) is 6.36. The average molecular weight is 316 g/mol. The van der Waals surface area contributed by atoms with Crippen LogP contribution in [0.4, 0.5) is 0 Å². The van der Waals surface area contributed by atoms with E-state index in [1.54, 1.807) is 38.5 Å². The molecule has 0 atom stereocenters. The number of rotatable bonds is 4. The third-order valence-corrected chi connectivity index (χ3v) is 6.36. The molecular formula is C16H30BrN. The quantitative estimate of drug-likeness (QED) is 0.674. The highest BCUT2D eigenvalue weighted by Gasteiger charge is 2.58. The molecule has 0 unspecified atom stereocenters. The van der Waals surface area contributed by atoms with E-state index in [9.17, 15) is 0 Å². The maximum Gasteiger partial charge on any atom is 0.0996 e. The summed E-state index contributed by atoms with van der Waals surface area (Å²) in [5.41, 5.74) is 0.684. The zero-order valence-electron chi connectivity index (χ0n) is 12.4. The number of nitrogens with zero attached hydrogens (tertiary/aromatic N) is 1. The van der Waals surface area contributed by atoms with E-state index >= 15 is 0 Å². The highest BCUT2D eigenvalue weighted by Crippen LogP contribution is 2.59. The Morgan fingerprint density at radius 2 is 1.39 bits per heavy atom. The minimum Gasteiger partial charge on any atom is -1.00 e. The second-order valence-electron chi connectivity index (χ2n) is 7.90. The molecule has 0 amide bonds. The van der Waals surface area contributed by atoms with E-state index in [4.69, 9.17) is 0 Å². The molecule has 2 heteroatoms. The molecule has 4 aliphatic carbocycles. The number of halogens is 1. The van der Waals surface area contributed by atoms with Crippen molar-refractivity contribution in [1.82, 2.24) is 0 Å². The van der Waals surface area contributed by atoms with Crippen molar-refractivity contribution in [2.24, 2.45) is 17.8 Å². The molecule has 0 aromatic carbocycles. The molecule has 4 rings (SSSR count). The highest BCUT2D eigenvalue weighted by molar-refractivity contribution is 5.03. The van der Waals surface area contributed by atoms with Crippen molar-refractivity contribution < 1.29 is 21.5 Å². The van der Waals surface area contributed by atoms with Crippen molar-refractivity contribution in [1.29, 1.82) is 0 Å². The largest absolute Gasteiger partial charge is 1.00 e. The lowest BCUT2D eigenvalue weighted by molar-refractivity contribution is -0.948. The van der Waals surface area contributed by atoms with Crippen LogP contribution in [0.3, 0.4) is 0 Å². The topological polar surface area (TPSA) is 0 Å². The van der Waals surface area contributed by atoms with Crippen molar-refractivity contribution in [3.63, 3.8) is 0 Å². The Hall–Kier alpha value is 0.440. The Morgan fingerprint density at radius 3 is 1.78 bits per heavy atom. The van der Waals surface area contributed by atoms with Crippen LogP contribution in [0.1, 0.15) is 58.3 Å². The first-order valence-electron chi connectivity index (χ1n) is 7.88. The molecule has 0 spiro atoms. The summed E-state index contributed by atoms with van der Waals surface area (Å²) in [5, 5.41) is 0. The Bertz CT molecular complexity index is 262. The van der Waals surface area contributed by atoms with Gasteiger partial charge in [0.25, 0.3) is 0 Å². The second kappa shape index (κ2) is 5.09. The summed E-state index contributed by atoms with van der Waals surface area (Å²) in [5.74, 6) is 3.29. The van der Waals surface area contributed by atoms with E-state index in [-0.39, 0.29) is 17.0 Å². The molecule has 0 heterocycles. The van der Waals surface area contributed by atoms with Crippen LogP contribution in [0.2, 0.25) is 0 Å². The molecule has 0 radical (unpaired) electrons. The van der Waals surface area contributed by atoms with Crippen LogP contribution in [-0.4, -0.2) is 30.7 Å². The SMILES string of the molecule is CCCC[N+](C)(C)C12CC3CC(CC(C3)C1)C2.[Br-]. The van der Waals surface area contributed by atoms with E-state index in [1.165, 1.54) is 23.9 Å². The van der Waals surface area contributed by atoms with Gasteiger partial charge in [0.05, 0.1) is 26.2 Å². The van der Waals surface area contributed by atoms with Crippen molar-refractivity contribution >= 4 is 0 Å². The molecule has 4 fully saturated rings. The first kappa shape index (κ1) is 14.8. The second-order valence-corrected chi connectivity index (χ2v) is 7.90. The van der Waals surface area contributed by atoms with E-state index in [2.05, 4.69) is 21.0 Å². The summed E-state index contributed by atoms with van der Waals surface area (Å²) >= 11 is 0. The fourth-order valence-corrected chi connectivity index (χ4v) is 5.60. The summed E-state index contributed by atoms with van der Waals surface area (Å²) in [4.78, 5) is 0. The van der Waals surface area contributed by atoms with Crippen molar-refractivity contribution in [2.45, 2.75) is 63.8 Å². The van der Waals surface area contributed by atoms with Crippen LogP contribution in [0, 0.1) is 17.8 Å². The lowest BCUT2D eigenvalue weighted by Crippen LogP contribution is -3.00. The van der Waals surface area contributed by atoms with Crippen molar-refractivity contribution in [3.05, 3.63) is 0 Å². The summed E-state index contributed by atoms with van der Waals surface area (Å²) in [6, 6.07) is 0. The molecule has 4 bridgehead atoms. The van der Waals surface area contributed by atoms with Crippen LogP contribution in [0.15, 0.2) is 0 Å². The minimum atomic E-state index is 0. The molecule has 18 heavy (non-hydrogen) atoms. The van der Waals surface area contributed by atoms with Gasteiger partial charge in [0.1, 0.15) is 0 Å². The number of quaternary nitrogens is 1. The van der Waals surface area contributed by atoms with Gasteiger partial charge >= 0.3 is 0 Å². The molecule has 0 saturated heterocycles. The molecule has 4 aliphatic rings. The zero-order valence-corrected chi connectivity index (χ0v) is 14.0. The summed E-state index contributed by atoms with van der Waals surface area (Å²) in [6.07, 6.45) is 12.1. The molecule has 0 aromatic rings. The molecule has 106 valence electrons. The lowest BCUT2D eigenvalue weighted by atomic mass is 9.52. The van der Waals surface area contributed by atoms with Gasteiger partial charge in [-0.3, -0.25) is 0 Å². The average Bonchev–Trinajstić information content (AvgIpc) is 2.24. The van der Waals surface area contributed by atoms with Crippen LogP contribution < -0.4 is 17.0 Å². The fraction of sp³-hybridized carbons (Fsp3) is 1.00. The molecule has 1 nitrogen and oxygen atoms in total. The third kappa shape index (κ3) is 2.28. The van der Waals surface area contributed by atoms with Gasteiger partial charge in [0, 0.05) is 19.3 Å². The minimum absolute atomic E-state index is 0. The highest BCUT2D eigenvalue weighted by atomic mass is 79.9. The van der Waals surface area contributed by atoms with E-state index < -0.39 is 0 Å². The van der Waals surface area contributed by atoms with Gasteiger partial charge in [0.2, 0.25) is 0 Å². The van der Waals surface area contributed by atoms with E-state index in [0.29, 0.717) is 5.54 Å². The van der Waals surface area contributed by atoms with Crippen LogP contribution >= 0.6 is 0 Å². The first-order chi connectivity index (χ1) is 8.05. The first-order valence-corrected chi connectivity index (χ1v) is 7.88. The standard InChI is InChI=1S/C16H30N.BrH/c1-4-5-6-17(2,3)16-10-13-7-14(11-16)9-15(8-13)12-16;/h13-15H,4-12H2,1-3H3;1H/q+1;/p-1. The van der Waals surface area contributed by atoms with Crippen molar-refractivity contribution in [3.8, 4) is 0 Å². The zero-order chi connectivity index (χ0) is 12.1. The molecule has 4 saturated carbocycles. The Balaban J connectivity index is 0.00000120. The maximum atomic E-state index is 2.53. The van der Waals surface area contributed by atoms with Gasteiger partial charge in [-0.2, -0.15) is 0 Å². The fourth-order valence-electron chi connectivity index (χ4n) is 5.60. The van der Waals surface area contributed by atoms with Gasteiger partial charge in [-0.15, -0.1) is 0 Å². The van der Waals surface area contributed by atoms with Gasteiger partial charge in [-0.1, -0.05) is 13.3 Å². The Kier molecular flexibility index (Phi) is 4.19. The van der Waals surface area contributed by atoms with Crippen LogP contribution in [0.25, 0.3) is 0 Å². The number of unbranched alkanes of at least 4 members (excludes halogenated alkanes) is 1. The predicted octanol–water partition coefficient (Wildman–Crippen LogP) is 0.836. The molecule has 0 aromatic heterocycles. The molecule has 0 N–H and O–H groups in total. The summed E-state index contributed by atoms with van der Waals surface area (Å²) < 4.78 is 1.32. The van der Waals surface area contributed by atoms with Crippen molar-refractivity contribution in [2.75, 3.05) is 20.6 Å². The predicted molar refractivity (Wildman–Crippen MR) is 72.8 cm³/mol. The van der Waals surface area contributed by atoms with E-state index in [1.807, 2.05) is 0 Å². The van der Waals surface area contributed by atoms with Gasteiger partial charge < -0.3 is 21.5 Å². The summed E-state index contributed by atoms with van der Waals surface area (Å²) in [6.45, 7) is 3.74. The van der Waals surface area contributed by atoms with Gasteiger partial charge in [0.15, 0.2) is 0 Å². The number of hydrogen-bond donors (Lipinski definition) is 0. The van der Waals surface area contributed by atoms with Crippen LogP contribution in [0.5, 0.6) is 0 Å².